The van der Waals surface area contributed by atoms with Gasteiger partial charge in [-0.15, -0.1) is 0 Å². The lowest BCUT2D eigenvalue weighted by Crippen LogP contribution is -2.45. The number of para-hydroxylation sites is 1. The Labute approximate surface area is 157 Å². The minimum atomic E-state index is -4.85. The zero-order chi connectivity index (χ0) is 20.7. The number of benzene rings is 2. The number of anilines is 1. The molecule has 4 nitrogen and oxygen atoms in total. The van der Waals surface area contributed by atoms with Crippen molar-refractivity contribution in [3.05, 3.63) is 71.3 Å². The Morgan fingerprint density at radius 2 is 1.68 bits per heavy atom. The van der Waals surface area contributed by atoms with Crippen molar-refractivity contribution in [1.82, 2.24) is 0 Å². The van der Waals surface area contributed by atoms with E-state index >= 15 is 0 Å². The van der Waals surface area contributed by atoms with Gasteiger partial charge in [0.05, 0.1) is 11.3 Å². The van der Waals surface area contributed by atoms with Crippen molar-refractivity contribution in [2.24, 2.45) is 5.10 Å². The molecule has 0 aromatic heterocycles. The number of allylic oxidation sites excluding steroid dienone is 1. The maximum atomic E-state index is 14.3. The second kappa shape index (κ2) is 6.83. The highest BCUT2D eigenvalue weighted by Gasteiger charge is 2.51. The number of rotatable bonds is 2. The molecule has 2 aromatic carbocycles. The molecule has 2 amide bonds. The van der Waals surface area contributed by atoms with Crippen LogP contribution >= 0.6 is 0 Å². The summed E-state index contributed by atoms with van der Waals surface area (Å²) in [7, 11) is 1.07. The van der Waals surface area contributed by atoms with E-state index in [1.54, 1.807) is 0 Å². The fourth-order valence-electron chi connectivity index (χ4n) is 2.83. The van der Waals surface area contributed by atoms with Crippen LogP contribution in [0.2, 0.25) is 0 Å². The molecule has 28 heavy (non-hydrogen) atoms. The smallest absolute Gasteiger partial charge is 0.270 e. The zero-order valence-electron chi connectivity index (χ0n) is 14.8. The highest BCUT2D eigenvalue weighted by Crippen LogP contribution is 2.37. The van der Waals surface area contributed by atoms with Crippen LogP contribution in [0.4, 0.5) is 32.4 Å². The van der Waals surface area contributed by atoms with Crippen LogP contribution < -0.4 is 5.32 Å². The van der Waals surface area contributed by atoms with E-state index in [4.69, 9.17) is 0 Å². The molecule has 9 heteroatoms. The number of nitrogens with zero attached hydrogens (tertiary/aromatic N) is 2. The van der Waals surface area contributed by atoms with E-state index in [0.29, 0.717) is 11.6 Å². The van der Waals surface area contributed by atoms with Crippen molar-refractivity contribution < 1.29 is 31.3 Å². The van der Waals surface area contributed by atoms with Crippen LogP contribution in [0.5, 0.6) is 0 Å². The quantitative estimate of drug-likeness (QED) is 0.549. The number of alkyl halides is 3. The Morgan fingerprint density at radius 3 is 2.29 bits per heavy atom. The van der Waals surface area contributed by atoms with Gasteiger partial charge in [0.25, 0.3) is 0 Å². The number of aryl methyl sites for hydroxylation is 1. The number of halogens is 5. The molecule has 0 saturated carbocycles. The van der Waals surface area contributed by atoms with Crippen LogP contribution in [0, 0.1) is 18.6 Å². The van der Waals surface area contributed by atoms with E-state index in [9.17, 15) is 26.7 Å². The number of urea groups is 1. The summed E-state index contributed by atoms with van der Waals surface area (Å²) in [6.07, 6.45) is -4.23. The summed E-state index contributed by atoms with van der Waals surface area (Å²) in [5.74, 6) is -1.57. The lowest BCUT2D eigenvalue weighted by molar-refractivity contribution is -0.756. The third-order valence-corrected chi connectivity index (χ3v) is 4.34. The van der Waals surface area contributed by atoms with Crippen LogP contribution in [0.25, 0.3) is 5.70 Å². The Bertz CT molecular complexity index is 993. The van der Waals surface area contributed by atoms with Crippen LogP contribution in [-0.4, -0.2) is 29.6 Å². The molecule has 0 saturated heterocycles. The van der Waals surface area contributed by atoms with Gasteiger partial charge in [0.1, 0.15) is 18.7 Å². The largest absolute Gasteiger partial charge is 0.452 e. The number of nitrogens with one attached hydrogen (secondary N) is 1. The first-order chi connectivity index (χ1) is 13.0. The average Bonchev–Trinajstić information content (AvgIpc) is 2.98. The topological polar surface area (TPSA) is 41.5 Å². The molecule has 0 aliphatic carbocycles. The summed E-state index contributed by atoms with van der Waals surface area (Å²) >= 11 is 0. The maximum absolute atomic E-state index is 14.3. The maximum Gasteiger partial charge on any atom is 0.452 e. The number of carbonyl (C=O) groups is 1. The normalized spacial score (nSPS) is 19.2. The summed E-state index contributed by atoms with van der Waals surface area (Å²) in [6.45, 7) is 1.53. The van der Waals surface area contributed by atoms with E-state index in [2.05, 4.69) is 10.4 Å². The Balaban J connectivity index is 2.09. The van der Waals surface area contributed by atoms with Gasteiger partial charge < -0.3 is 0 Å². The summed E-state index contributed by atoms with van der Waals surface area (Å²) in [5, 5.41) is 5.75. The molecule has 1 heterocycles. The van der Waals surface area contributed by atoms with Gasteiger partial charge in [-0.25, -0.2) is 13.6 Å². The number of amides is 2. The van der Waals surface area contributed by atoms with Gasteiger partial charge in [0.15, 0.2) is 5.70 Å². The summed E-state index contributed by atoms with van der Waals surface area (Å²) in [5.41, 5.74) is -1.69. The van der Waals surface area contributed by atoms with Crippen molar-refractivity contribution in [2.45, 2.75) is 13.1 Å². The van der Waals surface area contributed by atoms with Crippen molar-refractivity contribution >= 4 is 23.1 Å². The van der Waals surface area contributed by atoms with E-state index < -0.39 is 34.1 Å². The van der Waals surface area contributed by atoms with Crippen molar-refractivity contribution in [3.8, 4) is 0 Å². The number of quaternary nitrogens is 1. The fourth-order valence-corrected chi connectivity index (χ4v) is 2.83. The van der Waals surface area contributed by atoms with Crippen molar-refractivity contribution in [3.63, 3.8) is 0 Å². The van der Waals surface area contributed by atoms with Crippen LogP contribution in [0.3, 0.4) is 0 Å². The van der Waals surface area contributed by atoms with Crippen LogP contribution in [0.1, 0.15) is 11.1 Å². The number of hydrogen-bond acceptors (Lipinski definition) is 2. The van der Waals surface area contributed by atoms with Gasteiger partial charge in [-0.2, -0.15) is 13.2 Å². The summed E-state index contributed by atoms with van der Waals surface area (Å²) in [4.78, 5) is 12.9. The minimum Gasteiger partial charge on any atom is -0.270 e. The van der Waals surface area contributed by atoms with Crippen molar-refractivity contribution in [1.29, 1.82) is 0 Å². The van der Waals surface area contributed by atoms with Gasteiger partial charge in [-0.05, 0) is 30.7 Å². The highest BCUT2D eigenvalue weighted by molar-refractivity contribution is 6.07. The van der Waals surface area contributed by atoms with E-state index in [1.165, 1.54) is 37.3 Å². The average molecular weight is 396 g/mol. The molecule has 1 atom stereocenters. The first-order valence-electron chi connectivity index (χ1n) is 8.12. The van der Waals surface area contributed by atoms with Gasteiger partial charge in [0, 0.05) is 6.08 Å². The fraction of sp³-hybridized carbons (Fsp3) is 0.158. The molecule has 3 rings (SSSR count). The third-order valence-electron chi connectivity index (χ3n) is 4.34. The molecule has 1 unspecified atom stereocenters. The molecular weight excluding hydrogens is 381 g/mol. The monoisotopic (exact) mass is 396 g/mol. The molecular formula is C19H15F5N3O+. The Kier molecular flexibility index (Phi) is 4.80. The standard InChI is InChI=1S/C19H14F5N3O/c1-11-6-5-9-14(21)17(11)25-18(28)27(2)15(10-16(26-27)19(22,23)24)12-7-3-4-8-13(12)20/h3-10H,1-2H3/p+1. The van der Waals surface area contributed by atoms with E-state index in [-0.39, 0.29) is 16.9 Å². The summed E-state index contributed by atoms with van der Waals surface area (Å²) < 4.78 is 66.8. The molecule has 0 fully saturated rings. The molecule has 0 radical (unpaired) electrons. The number of carbonyl (C=O) groups excluding carboxylic acids is 1. The second-order valence-corrected chi connectivity index (χ2v) is 6.31. The molecule has 146 valence electrons. The molecule has 1 N–H and O–H groups in total. The second-order valence-electron chi connectivity index (χ2n) is 6.31. The predicted molar refractivity (Wildman–Crippen MR) is 94.2 cm³/mol. The minimum absolute atomic E-state index is 0.185. The summed E-state index contributed by atoms with van der Waals surface area (Å²) in [6, 6.07) is 8.09. The molecule has 0 bridgehead atoms. The molecule has 1 aliphatic rings. The molecule has 1 aliphatic heterocycles. The first-order valence-corrected chi connectivity index (χ1v) is 8.12. The van der Waals surface area contributed by atoms with Gasteiger partial charge in [-0.3, -0.25) is 5.32 Å². The SMILES string of the molecule is Cc1cccc(F)c1NC(=O)[N+]1(C)N=C(C(F)(F)F)C=C1c1ccccc1F. The van der Waals surface area contributed by atoms with E-state index in [1.807, 2.05) is 0 Å². The van der Waals surface area contributed by atoms with Crippen molar-refractivity contribution in [2.75, 3.05) is 12.4 Å². The first kappa shape index (κ1) is 19.7. The van der Waals surface area contributed by atoms with Crippen LogP contribution in [0.15, 0.2) is 53.6 Å². The Hall–Kier alpha value is -3.07. The van der Waals surface area contributed by atoms with Gasteiger partial charge >= 0.3 is 12.2 Å². The Morgan fingerprint density at radius 1 is 1.04 bits per heavy atom. The van der Waals surface area contributed by atoms with Gasteiger partial charge in [-0.1, -0.05) is 34.0 Å². The lowest BCUT2D eigenvalue weighted by Gasteiger charge is -2.24. The number of hydrogen-bond donors (Lipinski definition) is 1. The van der Waals surface area contributed by atoms with Crippen LogP contribution in [-0.2, 0) is 0 Å². The molecule has 2 aromatic rings. The molecule has 0 spiro atoms. The lowest BCUT2D eigenvalue weighted by atomic mass is 10.1. The van der Waals surface area contributed by atoms with Gasteiger partial charge in [0.2, 0.25) is 5.71 Å². The third kappa shape index (κ3) is 3.40. The highest BCUT2D eigenvalue weighted by atomic mass is 19.4. The zero-order valence-corrected chi connectivity index (χ0v) is 14.8. The van der Waals surface area contributed by atoms with E-state index in [0.717, 1.165) is 19.2 Å². The predicted octanol–water partition coefficient (Wildman–Crippen LogP) is 5.22.